The van der Waals surface area contributed by atoms with Gasteiger partial charge in [0.2, 0.25) is 0 Å². The van der Waals surface area contributed by atoms with E-state index in [9.17, 15) is 0 Å². The molecule has 1 rings (SSSR count). The summed E-state index contributed by atoms with van der Waals surface area (Å²) >= 11 is 0. The van der Waals surface area contributed by atoms with Gasteiger partial charge in [-0.2, -0.15) is 0 Å². The van der Waals surface area contributed by atoms with E-state index in [1.807, 2.05) is 13.0 Å². The topological polar surface area (TPSA) is 22.4 Å². The molecule has 0 amide bonds. The molecule has 0 aliphatic heterocycles. The highest BCUT2D eigenvalue weighted by atomic mass is 28.4. The van der Waals surface area contributed by atoms with Crippen molar-refractivity contribution in [2.45, 2.75) is 52.4 Å². The van der Waals surface area contributed by atoms with Crippen molar-refractivity contribution in [3.63, 3.8) is 0 Å². The third kappa shape index (κ3) is 2.95. The Hall–Kier alpha value is -0.543. The third-order valence-electron chi connectivity index (χ3n) is 3.36. The van der Waals surface area contributed by atoms with Gasteiger partial charge in [0.25, 0.3) is 0 Å². The highest BCUT2D eigenvalue weighted by Crippen LogP contribution is 2.37. The van der Waals surface area contributed by atoms with E-state index < -0.39 is 8.32 Å². The van der Waals surface area contributed by atoms with E-state index >= 15 is 0 Å². The summed E-state index contributed by atoms with van der Waals surface area (Å²) in [6.07, 6.45) is 1.72. The first-order valence-electron chi connectivity index (χ1n) is 5.41. The van der Waals surface area contributed by atoms with Gasteiger partial charge in [-0.3, -0.25) is 0 Å². The minimum Gasteiger partial charge on any atom is -0.469 e. The summed E-state index contributed by atoms with van der Waals surface area (Å²) in [6.45, 7) is 13.9. The molecule has 1 heterocycles. The zero-order chi connectivity index (χ0) is 11.7. The van der Waals surface area contributed by atoms with Crippen LogP contribution in [0.3, 0.4) is 0 Å². The lowest BCUT2D eigenvalue weighted by molar-refractivity contribution is 0.274. The quantitative estimate of drug-likeness (QED) is 0.724. The van der Waals surface area contributed by atoms with E-state index in [0.717, 1.165) is 5.76 Å². The van der Waals surface area contributed by atoms with Crippen molar-refractivity contribution in [1.29, 1.82) is 0 Å². The zero-order valence-electron chi connectivity index (χ0n) is 10.7. The zero-order valence-corrected chi connectivity index (χ0v) is 11.7. The Bertz CT molecular complexity index is 321. The summed E-state index contributed by atoms with van der Waals surface area (Å²) in [7, 11) is -1.63. The van der Waals surface area contributed by atoms with Crippen LogP contribution < -0.4 is 0 Å². The lowest BCUT2D eigenvalue weighted by atomic mass is 10.2. The van der Waals surface area contributed by atoms with Gasteiger partial charge in [-0.15, -0.1) is 0 Å². The van der Waals surface area contributed by atoms with Crippen LogP contribution in [0, 0.1) is 6.92 Å². The molecule has 0 bridgehead atoms. The molecule has 0 aromatic carbocycles. The molecule has 0 atom stereocenters. The first-order valence-corrected chi connectivity index (χ1v) is 8.32. The molecule has 0 fully saturated rings. The summed E-state index contributed by atoms with van der Waals surface area (Å²) in [5.41, 5.74) is 1.17. The Kier molecular flexibility index (Phi) is 3.46. The van der Waals surface area contributed by atoms with Crippen LogP contribution in [-0.4, -0.2) is 8.32 Å². The molecule has 0 unspecified atom stereocenters. The molecular formula is C12H22O2Si. The molecule has 1 aromatic rings. The first-order chi connectivity index (χ1) is 6.74. The molecule has 86 valence electrons. The molecule has 3 heteroatoms. The fraction of sp³-hybridized carbons (Fsp3) is 0.667. The van der Waals surface area contributed by atoms with E-state index in [1.165, 1.54) is 5.56 Å². The molecule has 15 heavy (non-hydrogen) atoms. The number of hydrogen-bond donors (Lipinski definition) is 0. The SMILES string of the molecule is Cc1occc1CO[Si](C)(C)C(C)(C)C. The normalized spacial score (nSPS) is 13.2. The van der Waals surface area contributed by atoms with Crippen molar-refractivity contribution >= 4 is 8.32 Å². The van der Waals surface area contributed by atoms with Crippen molar-refractivity contribution in [2.75, 3.05) is 0 Å². The Morgan fingerprint density at radius 3 is 2.33 bits per heavy atom. The molecule has 0 N–H and O–H groups in total. The Labute approximate surface area is 93.8 Å². The average molecular weight is 226 g/mol. The summed E-state index contributed by atoms with van der Waals surface area (Å²) < 4.78 is 11.3. The van der Waals surface area contributed by atoms with Crippen LogP contribution in [0.4, 0.5) is 0 Å². The number of rotatable bonds is 3. The van der Waals surface area contributed by atoms with Crippen molar-refractivity contribution < 1.29 is 8.84 Å². The minimum atomic E-state index is -1.63. The lowest BCUT2D eigenvalue weighted by Crippen LogP contribution is -2.40. The van der Waals surface area contributed by atoms with Crippen molar-refractivity contribution in [1.82, 2.24) is 0 Å². The van der Waals surface area contributed by atoms with Crippen molar-refractivity contribution in [3.05, 3.63) is 23.7 Å². The van der Waals surface area contributed by atoms with Gasteiger partial charge in [-0.25, -0.2) is 0 Å². The smallest absolute Gasteiger partial charge is 0.192 e. The van der Waals surface area contributed by atoms with Crippen LogP contribution in [0.25, 0.3) is 0 Å². The Morgan fingerprint density at radius 2 is 1.93 bits per heavy atom. The van der Waals surface area contributed by atoms with E-state index in [1.54, 1.807) is 6.26 Å². The second-order valence-corrected chi connectivity index (χ2v) is 10.4. The fourth-order valence-electron chi connectivity index (χ4n) is 1.04. The molecular weight excluding hydrogens is 204 g/mol. The van der Waals surface area contributed by atoms with Gasteiger partial charge in [0.1, 0.15) is 5.76 Å². The highest BCUT2D eigenvalue weighted by Gasteiger charge is 2.37. The summed E-state index contributed by atoms with van der Waals surface area (Å²) in [6, 6.07) is 1.99. The molecule has 1 aromatic heterocycles. The second kappa shape index (κ2) is 4.14. The van der Waals surface area contributed by atoms with E-state index in [4.69, 9.17) is 8.84 Å². The van der Waals surface area contributed by atoms with Crippen LogP contribution in [0.5, 0.6) is 0 Å². The largest absolute Gasteiger partial charge is 0.469 e. The first kappa shape index (κ1) is 12.5. The van der Waals surface area contributed by atoms with E-state index in [0.29, 0.717) is 6.61 Å². The van der Waals surface area contributed by atoms with Gasteiger partial charge < -0.3 is 8.84 Å². The molecule has 0 aliphatic rings. The molecule has 0 saturated carbocycles. The molecule has 0 radical (unpaired) electrons. The Morgan fingerprint density at radius 1 is 1.33 bits per heavy atom. The van der Waals surface area contributed by atoms with Crippen LogP contribution in [0.1, 0.15) is 32.1 Å². The standard InChI is InChI=1S/C12H22O2Si/c1-10-11(7-8-13-10)9-14-15(5,6)12(2,3)4/h7-8H,9H2,1-6H3. The number of aryl methyl sites for hydroxylation is 1. The number of furan rings is 1. The second-order valence-electron chi connectivity index (χ2n) is 5.55. The predicted octanol–water partition coefficient (Wildman–Crippen LogP) is 4.11. The van der Waals surface area contributed by atoms with Crippen LogP contribution in [0.15, 0.2) is 16.7 Å². The van der Waals surface area contributed by atoms with Crippen LogP contribution in [0.2, 0.25) is 18.1 Å². The lowest BCUT2D eigenvalue weighted by Gasteiger charge is -2.36. The number of hydrogen-bond acceptors (Lipinski definition) is 2. The monoisotopic (exact) mass is 226 g/mol. The average Bonchev–Trinajstić information content (AvgIpc) is 2.46. The maximum atomic E-state index is 6.10. The van der Waals surface area contributed by atoms with Gasteiger partial charge >= 0.3 is 0 Å². The maximum Gasteiger partial charge on any atom is 0.192 e. The van der Waals surface area contributed by atoms with Crippen LogP contribution in [-0.2, 0) is 11.0 Å². The molecule has 2 nitrogen and oxygen atoms in total. The highest BCUT2D eigenvalue weighted by molar-refractivity contribution is 6.74. The molecule has 0 aliphatic carbocycles. The van der Waals surface area contributed by atoms with Gasteiger partial charge in [-0.05, 0) is 31.1 Å². The van der Waals surface area contributed by atoms with Crippen molar-refractivity contribution in [3.8, 4) is 0 Å². The van der Waals surface area contributed by atoms with E-state index in [-0.39, 0.29) is 5.04 Å². The van der Waals surface area contributed by atoms with Crippen molar-refractivity contribution in [2.24, 2.45) is 0 Å². The molecule has 0 saturated heterocycles. The minimum absolute atomic E-state index is 0.268. The summed E-state index contributed by atoms with van der Waals surface area (Å²) in [5, 5.41) is 0.268. The molecule has 0 spiro atoms. The fourth-order valence-corrected chi connectivity index (χ4v) is 1.99. The van der Waals surface area contributed by atoms with E-state index in [2.05, 4.69) is 33.9 Å². The maximum absolute atomic E-state index is 6.10. The van der Waals surface area contributed by atoms with Gasteiger partial charge in [0, 0.05) is 5.56 Å². The van der Waals surface area contributed by atoms with Crippen LogP contribution >= 0.6 is 0 Å². The van der Waals surface area contributed by atoms with Gasteiger partial charge in [0.05, 0.1) is 12.9 Å². The van der Waals surface area contributed by atoms with Gasteiger partial charge in [0.15, 0.2) is 8.32 Å². The predicted molar refractivity (Wildman–Crippen MR) is 65.4 cm³/mol. The Balaban J connectivity index is 2.61. The third-order valence-corrected chi connectivity index (χ3v) is 7.84. The summed E-state index contributed by atoms with van der Waals surface area (Å²) in [4.78, 5) is 0. The summed E-state index contributed by atoms with van der Waals surface area (Å²) in [5.74, 6) is 0.966. The van der Waals surface area contributed by atoms with Gasteiger partial charge in [-0.1, -0.05) is 20.8 Å².